The fraction of sp³-hybridized carbons (Fsp3) is 0.758. The van der Waals surface area contributed by atoms with Gasteiger partial charge in [0.2, 0.25) is 5.91 Å². The summed E-state index contributed by atoms with van der Waals surface area (Å²) in [7, 11) is 0. The molecule has 3 saturated carbocycles. The highest BCUT2D eigenvalue weighted by Gasteiger charge is 2.60. The van der Waals surface area contributed by atoms with Gasteiger partial charge in [0.25, 0.3) is 5.91 Å². The number of amides is 2. The molecule has 11 nitrogen and oxygen atoms in total. The van der Waals surface area contributed by atoms with Crippen LogP contribution in [0.2, 0.25) is 0 Å². The standard InChI is InChI=1S/C33H47FN6O5/c34-25-18-23-30-32(29(25)37-28(41)6-10-38-12-14-44-15-13-38)45-27-17-22-5-2-1-4-21(22)16-26(27)40(30)19-24(31(23)42)33(43)36-7-3-9-39-11-8-35-20-39/h8,11,19-23,25-27,29-30,32H,1-7,9-10,12-18H2,(H,36,43)(H,37,41). The second kappa shape index (κ2) is 13.5. The first-order chi connectivity index (χ1) is 22.0. The summed E-state index contributed by atoms with van der Waals surface area (Å²) in [4.78, 5) is 48.9. The van der Waals surface area contributed by atoms with Crippen LogP contribution in [-0.2, 0) is 30.4 Å². The fourth-order valence-electron chi connectivity index (χ4n) is 8.94. The van der Waals surface area contributed by atoms with E-state index in [1.807, 2.05) is 10.8 Å². The summed E-state index contributed by atoms with van der Waals surface area (Å²) in [6.45, 7) is 4.60. The lowest BCUT2D eigenvalue weighted by Crippen LogP contribution is -2.73. The van der Waals surface area contributed by atoms with Gasteiger partial charge in [-0.3, -0.25) is 19.3 Å². The molecule has 6 aliphatic rings. The number of nitrogens with zero attached hydrogens (tertiary/aromatic N) is 4. The predicted molar refractivity (Wildman–Crippen MR) is 163 cm³/mol. The number of rotatable bonds is 9. The lowest BCUT2D eigenvalue weighted by molar-refractivity contribution is -0.208. The summed E-state index contributed by atoms with van der Waals surface area (Å²) >= 11 is 0. The van der Waals surface area contributed by atoms with Crippen LogP contribution < -0.4 is 10.6 Å². The van der Waals surface area contributed by atoms with Gasteiger partial charge >= 0.3 is 0 Å². The molecule has 3 aliphatic heterocycles. The second-order valence-corrected chi connectivity index (χ2v) is 13.9. The second-order valence-electron chi connectivity index (χ2n) is 13.9. The Hall–Kier alpha value is -2.83. The Kier molecular flexibility index (Phi) is 9.24. The third kappa shape index (κ3) is 6.42. The molecule has 45 heavy (non-hydrogen) atoms. The van der Waals surface area contributed by atoms with Crippen LogP contribution in [0.25, 0.3) is 0 Å². The molecule has 0 radical (unpaired) electrons. The number of nitrogens with one attached hydrogen (secondary N) is 2. The van der Waals surface area contributed by atoms with Crippen molar-refractivity contribution in [1.82, 2.24) is 30.0 Å². The van der Waals surface area contributed by atoms with Gasteiger partial charge in [-0.15, -0.1) is 0 Å². The van der Waals surface area contributed by atoms with Gasteiger partial charge in [-0.1, -0.05) is 25.7 Å². The largest absolute Gasteiger partial charge is 0.379 e. The zero-order chi connectivity index (χ0) is 30.9. The summed E-state index contributed by atoms with van der Waals surface area (Å²) in [6.07, 6.45) is 12.5. The van der Waals surface area contributed by atoms with Gasteiger partial charge in [0.1, 0.15) is 12.3 Å². The molecular formula is C33H47FN6O5. The average molecular weight is 627 g/mol. The molecule has 7 rings (SSSR count). The molecule has 12 heteroatoms. The summed E-state index contributed by atoms with van der Waals surface area (Å²) in [6, 6.07) is -1.22. The number of ether oxygens (including phenoxy) is 2. The molecule has 3 aliphatic carbocycles. The monoisotopic (exact) mass is 626 g/mol. The van der Waals surface area contributed by atoms with E-state index in [4.69, 9.17) is 9.47 Å². The van der Waals surface area contributed by atoms with Crippen LogP contribution in [-0.4, -0.2) is 113 Å². The van der Waals surface area contributed by atoms with Crippen LogP contribution in [0.3, 0.4) is 0 Å². The van der Waals surface area contributed by atoms with E-state index in [2.05, 4.69) is 25.4 Å². The molecule has 1 aromatic heterocycles. The molecule has 246 valence electrons. The number of aromatic nitrogens is 2. The van der Waals surface area contributed by atoms with Crippen molar-refractivity contribution in [3.63, 3.8) is 0 Å². The molecule has 2 saturated heterocycles. The number of hydrogen-bond donors (Lipinski definition) is 2. The number of aryl methyl sites for hydroxylation is 1. The van der Waals surface area contributed by atoms with Crippen LogP contribution in [0.4, 0.5) is 4.39 Å². The molecule has 9 atom stereocenters. The number of carbonyl (C=O) groups excluding carboxylic acids is 3. The van der Waals surface area contributed by atoms with Gasteiger partial charge in [-0.25, -0.2) is 9.37 Å². The number of imidazole rings is 1. The third-order valence-electron chi connectivity index (χ3n) is 11.3. The maximum atomic E-state index is 16.1. The van der Waals surface area contributed by atoms with Crippen molar-refractivity contribution in [3.8, 4) is 0 Å². The summed E-state index contributed by atoms with van der Waals surface area (Å²) < 4.78 is 30.3. The predicted octanol–water partition coefficient (Wildman–Crippen LogP) is 1.83. The summed E-state index contributed by atoms with van der Waals surface area (Å²) in [5.74, 6) is -0.446. The number of morpholine rings is 2. The van der Waals surface area contributed by atoms with E-state index >= 15 is 4.39 Å². The number of hydrogen-bond acceptors (Lipinski definition) is 8. The quantitative estimate of drug-likeness (QED) is 0.315. The maximum Gasteiger partial charge on any atom is 0.256 e. The van der Waals surface area contributed by atoms with E-state index in [1.165, 1.54) is 25.7 Å². The zero-order valence-electron chi connectivity index (χ0n) is 26.0. The molecule has 2 amide bonds. The lowest BCUT2D eigenvalue weighted by Gasteiger charge is -2.60. The van der Waals surface area contributed by atoms with E-state index in [0.717, 1.165) is 25.9 Å². The van der Waals surface area contributed by atoms with Crippen molar-refractivity contribution in [2.45, 2.75) is 101 Å². The highest BCUT2D eigenvalue weighted by Crippen LogP contribution is 2.50. The van der Waals surface area contributed by atoms with Gasteiger partial charge in [0, 0.05) is 63.7 Å². The Morgan fingerprint density at radius 2 is 1.87 bits per heavy atom. The first-order valence-electron chi connectivity index (χ1n) is 17.1. The van der Waals surface area contributed by atoms with E-state index in [9.17, 15) is 14.4 Å². The number of fused-ring (bicyclic) bond motifs is 3. The highest BCUT2D eigenvalue weighted by molar-refractivity contribution is 6.20. The number of ketones is 1. The minimum absolute atomic E-state index is 0.0269. The Morgan fingerprint density at radius 3 is 2.64 bits per heavy atom. The van der Waals surface area contributed by atoms with Gasteiger partial charge in [0.15, 0.2) is 5.78 Å². The number of Topliss-reactive ketones (excluding diaryl/α,β-unsaturated/α-hetero) is 1. The zero-order valence-corrected chi connectivity index (χ0v) is 26.0. The van der Waals surface area contributed by atoms with Gasteiger partial charge < -0.3 is 29.6 Å². The maximum absolute atomic E-state index is 16.1. The van der Waals surface area contributed by atoms with Crippen LogP contribution >= 0.6 is 0 Å². The fourth-order valence-corrected chi connectivity index (χ4v) is 8.94. The summed E-state index contributed by atoms with van der Waals surface area (Å²) in [5.41, 5.74) is 0.115. The molecule has 0 bridgehead atoms. The first-order valence-corrected chi connectivity index (χ1v) is 17.1. The van der Waals surface area contributed by atoms with Crippen LogP contribution in [0, 0.1) is 17.8 Å². The normalized spacial score (nSPS) is 36.3. The van der Waals surface area contributed by atoms with E-state index < -0.39 is 36.2 Å². The van der Waals surface area contributed by atoms with Crippen molar-refractivity contribution < 1.29 is 28.2 Å². The molecular weight excluding hydrogens is 579 g/mol. The first kappa shape index (κ1) is 30.8. The minimum atomic E-state index is -1.45. The Bertz CT molecular complexity index is 1250. The van der Waals surface area contributed by atoms with E-state index in [1.54, 1.807) is 18.7 Å². The average Bonchev–Trinajstić information content (AvgIpc) is 3.58. The molecule has 5 fully saturated rings. The topological polar surface area (TPSA) is 118 Å². The van der Waals surface area contributed by atoms with E-state index in [0.29, 0.717) is 51.1 Å². The van der Waals surface area contributed by atoms with E-state index in [-0.39, 0.29) is 42.3 Å². The SMILES string of the molecule is O=C(CCN1CCOCC1)NC1C(F)CC2C(=O)C(C(=O)NCCCn3ccnc3)=CN3C4CC5CCCCC5CC4OC1C23. The highest BCUT2D eigenvalue weighted by atomic mass is 19.1. The summed E-state index contributed by atoms with van der Waals surface area (Å²) in [5, 5.41) is 5.94. The van der Waals surface area contributed by atoms with Gasteiger partial charge in [-0.05, 0) is 37.5 Å². The van der Waals surface area contributed by atoms with Crippen molar-refractivity contribution in [1.29, 1.82) is 0 Å². The molecule has 2 N–H and O–H groups in total. The third-order valence-corrected chi connectivity index (χ3v) is 11.3. The van der Waals surface area contributed by atoms with Crippen molar-refractivity contribution in [2.75, 3.05) is 39.4 Å². The Balaban J connectivity index is 1.10. The van der Waals surface area contributed by atoms with Crippen LogP contribution in [0.15, 0.2) is 30.5 Å². The lowest BCUT2D eigenvalue weighted by atomic mass is 9.65. The van der Waals surface area contributed by atoms with Crippen molar-refractivity contribution in [2.24, 2.45) is 17.8 Å². The molecule has 4 heterocycles. The molecule has 9 unspecified atom stereocenters. The van der Waals surface area contributed by atoms with Crippen molar-refractivity contribution in [3.05, 3.63) is 30.5 Å². The Morgan fingerprint density at radius 1 is 1.07 bits per heavy atom. The molecule has 1 aromatic rings. The number of halogens is 1. The van der Waals surface area contributed by atoms with Gasteiger partial charge in [0.05, 0.1) is 49.3 Å². The number of carbonyl (C=O) groups is 3. The van der Waals surface area contributed by atoms with Crippen molar-refractivity contribution >= 4 is 17.6 Å². The number of alkyl halides is 1. The minimum Gasteiger partial charge on any atom is -0.379 e. The van der Waals surface area contributed by atoms with Gasteiger partial charge in [-0.2, -0.15) is 0 Å². The van der Waals surface area contributed by atoms with Crippen LogP contribution in [0.1, 0.15) is 57.8 Å². The smallest absolute Gasteiger partial charge is 0.256 e. The Labute approximate surface area is 264 Å². The molecule has 0 spiro atoms. The van der Waals surface area contributed by atoms with Crippen LogP contribution in [0.5, 0.6) is 0 Å². The molecule has 0 aromatic carbocycles.